The standard InChI is InChI=1S/C23H26Cl2N6O2/c1-2-31-22-16(12-29-31)20(30-15-8-6-13(7-9-15)21(26)32)17(11-27-22)23(33)28-10-14-4-3-5-18(24)19(14)25/h3-5,11-13,15H,2,6-10H2,1H3,(H2,26,32)(H,27,30)(H,28,33). The van der Waals surface area contributed by atoms with Crippen LogP contribution in [0.3, 0.4) is 0 Å². The molecule has 0 bridgehead atoms. The van der Waals surface area contributed by atoms with Crippen LogP contribution in [0.5, 0.6) is 0 Å². The Hall–Kier alpha value is -2.84. The van der Waals surface area contributed by atoms with Gasteiger partial charge in [-0.15, -0.1) is 0 Å². The molecule has 1 aliphatic carbocycles. The molecule has 2 aromatic heterocycles. The Morgan fingerprint density at radius 2 is 1.94 bits per heavy atom. The Morgan fingerprint density at radius 3 is 2.64 bits per heavy atom. The van der Waals surface area contributed by atoms with Crippen molar-refractivity contribution in [3.63, 3.8) is 0 Å². The highest BCUT2D eigenvalue weighted by Gasteiger charge is 2.27. The molecule has 0 aliphatic heterocycles. The summed E-state index contributed by atoms with van der Waals surface area (Å²) < 4.78 is 1.79. The van der Waals surface area contributed by atoms with Crippen molar-refractivity contribution < 1.29 is 9.59 Å². The fourth-order valence-corrected chi connectivity index (χ4v) is 4.65. The number of halogens is 2. The van der Waals surface area contributed by atoms with Gasteiger partial charge >= 0.3 is 0 Å². The van der Waals surface area contributed by atoms with E-state index in [2.05, 4.69) is 20.7 Å². The third kappa shape index (κ3) is 4.91. The van der Waals surface area contributed by atoms with Gasteiger partial charge < -0.3 is 16.4 Å². The van der Waals surface area contributed by atoms with Crippen LogP contribution >= 0.6 is 23.2 Å². The maximum Gasteiger partial charge on any atom is 0.255 e. The quantitative estimate of drug-likeness (QED) is 0.462. The van der Waals surface area contributed by atoms with Crippen molar-refractivity contribution in [2.75, 3.05) is 5.32 Å². The number of pyridine rings is 1. The highest BCUT2D eigenvalue weighted by Crippen LogP contribution is 2.32. The van der Waals surface area contributed by atoms with Crippen LogP contribution in [0.1, 0.15) is 48.5 Å². The predicted octanol–water partition coefficient (Wildman–Crippen LogP) is 4.14. The molecular formula is C23H26Cl2N6O2. The van der Waals surface area contributed by atoms with E-state index < -0.39 is 0 Å². The second-order valence-corrected chi connectivity index (χ2v) is 9.02. The third-order valence-electron chi connectivity index (χ3n) is 6.16. The number of carbonyl (C=O) groups excluding carboxylic acids is 2. The van der Waals surface area contributed by atoms with Crippen LogP contribution in [-0.4, -0.2) is 32.6 Å². The number of hydrogen-bond acceptors (Lipinski definition) is 5. The lowest BCUT2D eigenvalue weighted by molar-refractivity contribution is -0.122. The van der Waals surface area contributed by atoms with Crippen molar-refractivity contribution in [3.05, 3.63) is 51.8 Å². The van der Waals surface area contributed by atoms with Gasteiger partial charge in [0.1, 0.15) is 0 Å². The van der Waals surface area contributed by atoms with Crippen molar-refractivity contribution in [2.45, 2.75) is 51.7 Å². The number of nitrogens with two attached hydrogens (primary N) is 1. The van der Waals surface area contributed by atoms with Gasteiger partial charge in [0.15, 0.2) is 5.65 Å². The zero-order valence-corrected chi connectivity index (χ0v) is 19.8. The fraction of sp³-hybridized carbons (Fsp3) is 0.391. The second kappa shape index (κ2) is 9.97. The molecule has 2 heterocycles. The summed E-state index contributed by atoms with van der Waals surface area (Å²) in [6.07, 6.45) is 6.34. The van der Waals surface area contributed by atoms with E-state index in [-0.39, 0.29) is 30.3 Å². The summed E-state index contributed by atoms with van der Waals surface area (Å²) in [7, 11) is 0. The molecule has 1 saturated carbocycles. The molecule has 0 unspecified atom stereocenters. The van der Waals surface area contributed by atoms with Crippen LogP contribution in [0.2, 0.25) is 10.0 Å². The highest BCUT2D eigenvalue weighted by atomic mass is 35.5. The molecule has 1 fully saturated rings. The average Bonchev–Trinajstić information content (AvgIpc) is 3.24. The van der Waals surface area contributed by atoms with Crippen LogP contribution in [0.25, 0.3) is 11.0 Å². The molecule has 1 aromatic carbocycles. The molecule has 4 N–H and O–H groups in total. The van der Waals surface area contributed by atoms with Gasteiger partial charge in [0, 0.05) is 31.2 Å². The monoisotopic (exact) mass is 488 g/mol. The van der Waals surface area contributed by atoms with E-state index in [1.165, 1.54) is 0 Å². The van der Waals surface area contributed by atoms with Gasteiger partial charge in [-0.05, 0) is 44.2 Å². The van der Waals surface area contributed by atoms with Crippen LogP contribution in [0.4, 0.5) is 5.69 Å². The number of fused-ring (bicyclic) bond motifs is 1. The highest BCUT2D eigenvalue weighted by molar-refractivity contribution is 6.42. The number of nitrogens with zero attached hydrogens (tertiary/aromatic N) is 3. The van der Waals surface area contributed by atoms with Crippen molar-refractivity contribution in [3.8, 4) is 0 Å². The largest absolute Gasteiger partial charge is 0.381 e. The zero-order valence-electron chi connectivity index (χ0n) is 18.3. The summed E-state index contributed by atoms with van der Waals surface area (Å²) in [5.41, 5.74) is 8.02. The van der Waals surface area contributed by atoms with Gasteiger partial charge in [-0.25, -0.2) is 9.67 Å². The van der Waals surface area contributed by atoms with E-state index >= 15 is 0 Å². The van der Waals surface area contributed by atoms with Gasteiger partial charge in [0.25, 0.3) is 5.91 Å². The van der Waals surface area contributed by atoms with Gasteiger partial charge in [-0.2, -0.15) is 5.10 Å². The smallest absolute Gasteiger partial charge is 0.255 e. The van der Waals surface area contributed by atoms with Crippen LogP contribution < -0.4 is 16.4 Å². The van der Waals surface area contributed by atoms with Crippen LogP contribution in [0, 0.1) is 5.92 Å². The van der Waals surface area contributed by atoms with E-state index in [1.54, 1.807) is 29.2 Å². The topological polar surface area (TPSA) is 115 Å². The van der Waals surface area contributed by atoms with Crippen molar-refractivity contribution in [2.24, 2.45) is 11.7 Å². The minimum atomic E-state index is -0.280. The van der Waals surface area contributed by atoms with Crippen molar-refractivity contribution >= 4 is 51.7 Å². The lowest BCUT2D eigenvalue weighted by atomic mass is 9.85. The summed E-state index contributed by atoms with van der Waals surface area (Å²) >= 11 is 12.3. The molecule has 174 valence electrons. The number of rotatable bonds is 7. The number of aryl methyl sites for hydroxylation is 1. The van der Waals surface area contributed by atoms with Crippen LogP contribution in [0.15, 0.2) is 30.6 Å². The Bertz CT molecular complexity index is 1190. The number of anilines is 1. The normalized spacial score (nSPS) is 18.3. The first kappa shape index (κ1) is 23.3. The number of amides is 2. The number of primary amides is 1. The first-order valence-corrected chi connectivity index (χ1v) is 11.8. The number of nitrogens with one attached hydrogen (secondary N) is 2. The summed E-state index contributed by atoms with van der Waals surface area (Å²) in [6.45, 7) is 2.88. The average molecular weight is 489 g/mol. The predicted molar refractivity (Wildman–Crippen MR) is 129 cm³/mol. The molecule has 3 aromatic rings. The number of benzene rings is 1. The van der Waals surface area contributed by atoms with E-state index in [1.807, 2.05) is 13.0 Å². The molecule has 2 amide bonds. The van der Waals surface area contributed by atoms with Gasteiger partial charge in [-0.3, -0.25) is 9.59 Å². The Balaban J connectivity index is 1.60. The Kier molecular flexibility index (Phi) is 7.05. The summed E-state index contributed by atoms with van der Waals surface area (Å²) in [5.74, 6) is -0.615. The lowest BCUT2D eigenvalue weighted by Gasteiger charge is -2.29. The summed E-state index contributed by atoms with van der Waals surface area (Å²) in [6, 6.07) is 5.42. The molecular weight excluding hydrogens is 463 g/mol. The van der Waals surface area contributed by atoms with Crippen molar-refractivity contribution in [1.82, 2.24) is 20.1 Å². The summed E-state index contributed by atoms with van der Waals surface area (Å²) in [4.78, 5) is 29.2. The lowest BCUT2D eigenvalue weighted by Crippen LogP contribution is -2.33. The Morgan fingerprint density at radius 1 is 1.18 bits per heavy atom. The third-order valence-corrected chi connectivity index (χ3v) is 7.02. The number of hydrogen-bond donors (Lipinski definition) is 3. The van der Waals surface area contributed by atoms with E-state index in [4.69, 9.17) is 28.9 Å². The summed E-state index contributed by atoms with van der Waals surface area (Å²) in [5, 5.41) is 12.5. The molecule has 33 heavy (non-hydrogen) atoms. The Labute approximate surface area is 201 Å². The zero-order chi connectivity index (χ0) is 23.5. The van der Waals surface area contributed by atoms with E-state index in [0.29, 0.717) is 33.5 Å². The first-order valence-electron chi connectivity index (χ1n) is 11.0. The molecule has 1 aliphatic rings. The minimum absolute atomic E-state index is 0.0893. The molecule has 0 saturated heterocycles. The molecule has 0 atom stereocenters. The van der Waals surface area contributed by atoms with Crippen LogP contribution in [-0.2, 0) is 17.9 Å². The number of aromatic nitrogens is 3. The maximum atomic E-state index is 13.2. The van der Waals surface area contributed by atoms with Gasteiger partial charge in [-0.1, -0.05) is 35.3 Å². The van der Waals surface area contributed by atoms with Gasteiger partial charge in [0.2, 0.25) is 5.91 Å². The second-order valence-electron chi connectivity index (χ2n) is 8.24. The maximum absolute atomic E-state index is 13.2. The molecule has 0 radical (unpaired) electrons. The van der Waals surface area contributed by atoms with E-state index in [9.17, 15) is 9.59 Å². The SMILES string of the molecule is CCn1ncc2c(NC3CCC(C(N)=O)CC3)c(C(=O)NCc3cccc(Cl)c3Cl)cnc21. The molecule has 8 nitrogen and oxygen atoms in total. The molecule has 10 heteroatoms. The number of carbonyl (C=O) groups is 2. The first-order chi connectivity index (χ1) is 15.9. The van der Waals surface area contributed by atoms with Crippen molar-refractivity contribution in [1.29, 1.82) is 0 Å². The molecule has 0 spiro atoms. The molecule has 4 rings (SSSR count). The van der Waals surface area contributed by atoms with E-state index in [0.717, 1.165) is 36.6 Å². The fourth-order valence-electron chi connectivity index (χ4n) is 4.27. The minimum Gasteiger partial charge on any atom is -0.381 e. The van der Waals surface area contributed by atoms with Gasteiger partial charge in [0.05, 0.1) is 32.9 Å².